The molecule has 2 fully saturated rings. The molecule has 4 nitrogen and oxygen atoms in total. The third-order valence-corrected chi connectivity index (χ3v) is 5.10. The van der Waals surface area contributed by atoms with Crippen LogP contribution in [0.25, 0.3) is 0 Å². The van der Waals surface area contributed by atoms with Gasteiger partial charge in [0.15, 0.2) is 0 Å². The van der Waals surface area contributed by atoms with Gasteiger partial charge in [0.05, 0.1) is 6.10 Å². The lowest BCUT2D eigenvalue weighted by Crippen LogP contribution is -2.54. The molecule has 0 bridgehead atoms. The molecule has 4 heteroatoms. The summed E-state index contributed by atoms with van der Waals surface area (Å²) in [5.74, 6) is 0.538. The van der Waals surface area contributed by atoms with Crippen molar-refractivity contribution in [2.75, 3.05) is 18.8 Å². The van der Waals surface area contributed by atoms with Crippen molar-refractivity contribution in [3.05, 3.63) is 23.9 Å². The van der Waals surface area contributed by atoms with E-state index in [1.54, 1.807) is 6.20 Å². The fourth-order valence-electron chi connectivity index (χ4n) is 4.04. The van der Waals surface area contributed by atoms with Gasteiger partial charge in [-0.05, 0) is 56.5 Å². The maximum Gasteiger partial charge on any atom is 0.123 e. The molecule has 3 N–H and O–H groups in total. The molecule has 2 heterocycles. The molecule has 0 aromatic carbocycles. The molecule has 110 valence electrons. The highest BCUT2D eigenvalue weighted by atomic mass is 16.3. The van der Waals surface area contributed by atoms with Crippen LogP contribution < -0.4 is 5.73 Å². The molecule has 1 unspecified atom stereocenters. The Morgan fingerprint density at radius 2 is 1.95 bits per heavy atom. The monoisotopic (exact) mass is 275 g/mol. The van der Waals surface area contributed by atoms with Gasteiger partial charge in [0.25, 0.3) is 0 Å². The van der Waals surface area contributed by atoms with Gasteiger partial charge in [-0.3, -0.25) is 4.90 Å². The lowest BCUT2D eigenvalue weighted by atomic mass is 9.85. The summed E-state index contributed by atoms with van der Waals surface area (Å²) in [6.07, 6.45) is 9.41. The first-order valence-electron chi connectivity index (χ1n) is 7.84. The average Bonchev–Trinajstić information content (AvgIpc) is 3.11. The van der Waals surface area contributed by atoms with E-state index in [2.05, 4.69) is 9.88 Å². The van der Waals surface area contributed by atoms with E-state index in [1.807, 2.05) is 12.1 Å². The number of hydrogen-bond acceptors (Lipinski definition) is 4. The van der Waals surface area contributed by atoms with E-state index in [-0.39, 0.29) is 11.6 Å². The molecule has 1 saturated carbocycles. The fraction of sp³-hybridized carbons (Fsp3) is 0.688. The molecule has 3 rings (SSSR count). The first kappa shape index (κ1) is 13.8. The summed E-state index contributed by atoms with van der Waals surface area (Å²) in [5.41, 5.74) is 6.84. The van der Waals surface area contributed by atoms with Gasteiger partial charge in [-0.15, -0.1) is 0 Å². The number of likely N-dealkylation sites (tertiary alicyclic amines) is 1. The van der Waals surface area contributed by atoms with Gasteiger partial charge >= 0.3 is 0 Å². The molecule has 0 radical (unpaired) electrons. The van der Waals surface area contributed by atoms with Crippen LogP contribution in [0.4, 0.5) is 5.82 Å². The van der Waals surface area contributed by atoms with Gasteiger partial charge in [0.2, 0.25) is 0 Å². The molecular formula is C16H25N3O. The SMILES string of the molecule is Nc1cc(CC(O)C2(N3CCCC3)CCCC2)ccn1. The number of nitrogens with zero attached hydrogens (tertiary/aromatic N) is 2. The number of nitrogens with two attached hydrogens (primary N) is 1. The summed E-state index contributed by atoms with van der Waals surface area (Å²) in [7, 11) is 0. The summed E-state index contributed by atoms with van der Waals surface area (Å²) < 4.78 is 0. The number of aromatic nitrogens is 1. The summed E-state index contributed by atoms with van der Waals surface area (Å²) in [5, 5.41) is 10.9. The highest BCUT2D eigenvalue weighted by Gasteiger charge is 2.45. The summed E-state index contributed by atoms with van der Waals surface area (Å²) in [6.45, 7) is 2.30. The highest BCUT2D eigenvalue weighted by molar-refractivity contribution is 5.32. The van der Waals surface area contributed by atoms with Gasteiger partial charge in [0.1, 0.15) is 5.82 Å². The Labute approximate surface area is 121 Å². The third-order valence-electron chi connectivity index (χ3n) is 5.10. The number of pyridine rings is 1. The number of aliphatic hydroxyl groups is 1. The Balaban J connectivity index is 1.77. The number of hydrogen-bond donors (Lipinski definition) is 2. The van der Waals surface area contributed by atoms with Gasteiger partial charge in [-0.1, -0.05) is 12.8 Å². The number of aliphatic hydroxyl groups excluding tert-OH is 1. The molecular weight excluding hydrogens is 250 g/mol. The average molecular weight is 275 g/mol. The lowest BCUT2D eigenvalue weighted by Gasteiger charge is -2.42. The predicted molar refractivity (Wildman–Crippen MR) is 80.4 cm³/mol. The molecule has 1 aromatic rings. The van der Waals surface area contributed by atoms with Crippen LogP contribution in [-0.4, -0.2) is 39.7 Å². The summed E-state index contributed by atoms with van der Waals surface area (Å²) in [4.78, 5) is 6.58. The van der Waals surface area contributed by atoms with E-state index in [4.69, 9.17) is 5.73 Å². The Morgan fingerprint density at radius 1 is 1.25 bits per heavy atom. The zero-order chi connectivity index (χ0) is 14.0. The van der Waals surface area contributed by atoms with Crippen LogP contribution in [0.15, 0.2) is 18.3 Å². The second kappa shape index (κ2) is 5.70. The van der Waals surface area contributed by atoms with Gasteiger partial charge in [-0.25, -0.2) is 4.98 Å². The van der Waals surface area contributed by atoms with Crippen LogP contribution in [0.3, 0.4) is 0 Å². The zero-order valence-electron chi connectivity index (χ0n) is 12.1. The van der Waals surface area contributed by atoms with E-state index in [9.17, 15) is 5.11 Å². The molecule has 0 spiro atoms. The van der Waals surface area contributed by atoms with E-state index < -0.39 is 0 Å². The van der Waals surface area contributed by atoms with E-state index in [1.165, 1.54) is 25.7 Å². The number of nitrogen functional groups attached to an aromatic ring is 1. The minimum Gasteiger partial charge on any atom is -0.391 e. The van der Waals surface area contributed by atoms with Crippen LogP contribution in [0.1, 0.15) is 44.1 Å². The minimum absolute atomic E-state index is 0.00846. The van der Waals surface area contributed by atoms with E-state index in [0.717, 1.165) is 31.5 Å². The van der Waals surface area contributed by atoms with Crippen LogP contribution in [0.5, 0.6) is 0 Å². The Bertz CT molecular complexity index is 451. The van der Waals surface area contributed by atoms with Crippen LogP contribution in [0, 0.1) is 0 Å². The lowest BCUT2D eigenvalue weighted by molar-refractivity contribution is -0.0171. The topological polar surface area (TPSA) is 62.4 Å². The number of rotatable bonds is 4. The first-order valence-corrected chi connectivity index (χ1v) is 7.84. The smallest absolute Gasteiger partial charge is 0.123 e. The normalized spacial score (nSPS) is 24.1. The predicted octanol–water partition coefficient (Wildman–Crippen LogP) is 1.98. The number of anilines is 1. The molecule has 1 aliphatic heterocycles. The molecule has 1 aromatic heterocycles. The van der Waals surface area contributed by atoms with Crippen LogP contribution in [-0.2, 0) is 6.42 Å². The highest BCUT2D eigenvalue weighted by Crippen LogP contribution is 2.41. The fourth-order valence-corrected chi connectivity index (χ4v) is 4.04. The maximum atomic E-state index is 10.9. The molecule has 1 saturated heterocycles. The Hall–Kier alpha value is -1.13. The van der Waals surface area contributed by atoms with Crippen LogP contribution in [0.2, 0.25) is 0 Å². The zero-order valence-corrected chi connectivity index (χ0v) is 12.1. The summed E-state index contributed by atoms with van der Waals surface area (Å²) >= 11 is 0. The van der Waals surface area contributed by atoms with Gasteiger partial charge in [-0.2, -0.15) is 0 Å². The molecule has 0 amide bonds. The second-order valence-corrected chi connectivity index (χ2v) is 6.31. The van der Waals surface area contributed by atoms with Crippen molar-refractivity contribution < 1.29 is 5.11 Å². The molecule has 1 aliphatic carbocycles. The summed E-state index contributed by atoms with van der Waals surface area (Å²) in [6, 6.07) is 3.85. The Kier molecular flexibility index (Phi) is 3.94. The van der Waals surface area contributed by atoms with Crippen LogP contribution >= 0.6 is 0 Å². The standard InChI is InChI=1S/C16H25N3O/c17-15-12-13(5-8-18-15)11-14(20)16(6-1-2-7-16)19-9-3-4-10-19/h5,8,12,14,20H,1-4,6-7,9-11H2,(H2,17,18). The van der Waals surface area contributed by atoms with Gasteiger partial charge in [0, 0.05) is 18.2 Å². The van der Waals surface area contributed by atoms with Crippen molar-refractivity contribution in [3.8, 4) is 0 Å². The Morgan fingerprint density at radius 3 is 2.60 bits per heavy atom. The van der Waals surface area contributed by atoms with E-state index >= 15 is 0 Å². The quantitative estimate of drug-likeness (QED) is 0.882. The van der Waals surface area contributed by atoms with Gasteiger partial charge < -0.3 is 10.8 Å². The van der Waals surface area contributed by atoms with Crippen molar-refractivity contribution >= 4 is 5.82 Å². The third kappa shape index (κ3) is 2.54. The first-order chi connectivity index (χ1) is 9.71. The van der Waals surface area contributed by atoms with Crippen molar-refractivity contribution in [2.24, 2.45) is 0 Å². The van der Waals surface area contributed by atoms with Crippen molar-refractivity contribution in [2.45, 2.75) is 56.6 Å². The van der Waals surface area contributed by atoms with Crippen molar-refractivity contribution in [1.82, 2.24) is 9.88 Å². The maximum absolute atomic E-state index is 10.9. The molecule has 1 atom stereocenters. The minimum atomic E-state index is -0.301. The molecule has 20 heavy (non-hydrogen) atoms. The largest absolute Gasteiger partial charge is 0.391 e. The van der Waals surface area contributed by atoms with Crippen molar-refractivity contribution in [1.29, 1.82) is 0 Å². The second-order valence-electron chi connectivity index (χ2n) is 6.31. The van der Waals surface area contributed by atoms with E-state index in [0.29, 0.717) is 12.2 Å². The molecule has 2 aliphatic rings. The van der Waals surface area contributed by atoms with Crippen molar-refractivity contribution in [3.63, 3.8) is 0 Å².